The van der Waals surface area contributed by atoms with E-state index in [1.165, 1.54) is 0 Å². The lowest BCUT2D eigenvalue weighted by Gasteiger charge is -2.32. The maximum Gasteiger partial charge on any atom is 0.231 e. The van der Waals surface area contributed by atoms with Crippen molar-refractivity contribution in [2.24, 2.45) is 5.92 Å². The molecule has 0 radical (unpaired) electrons. The Kier molecular flexibility index (Phi) is 5.55. The number of aromatic nitrogens is 3. The van der Waals surface area contributed by atoms with Crippen molar-refractivity contribution in [2.75, 3.05) is 55.5 Å². The normalized spacial score (nSPS) is 18.7. The zero-order valence-electron chi connectivity index (χ0n) is 13.2. The molecule has 1 saturated heterocycles. The Morgan fingerprint density at radius 3 is 2.81 bits per heavy atom. The molecule has 7 nitrogen and oxygen atoms in total. The molecule has 21 heavy (non-hydrogen) atoms. The summed E-state index contributed by atoms with van der Waals surface area (Å²) in [4.78, 5) is 17.5. The molecular formula is C14H26N6O. The van der Waals surface area contributed by atoms with Crippen LogP contribution in [-0.2, 0) is 0 Å². The van der Waals surface area contributed by atoms with Crippen molar-refractivity contribution in [3.63, 3.8) is 0 Å². The van der Waals surface area contributed by atoms with E-state index in [1.54, 1.807) is 0 Å². The first-order valence-corrected chi connectivity index (χ1v) is 7.67. The van der Waals surface area contributed by atoms with Gasteiger partial charge in [0.1, 0.15) is 0 Å². The van der Waals surface area contributed by atoms with Crippen molar-refractivity contribution in [1.29, 1.82) is 0 Å². The average Bonchev–Trinajstić information content (AvgIpc) is 2.52. The zero-order valence-corrected chi connectivity index (χ0v) is 13.2. The molecule has 0 amide bonds. The van der Waals surface area contributed by atoms with E-state index in [9.17, 15) is 5.11 Å². The summed E-state index contributed by atoms with van der Waals surface area (Å²) in [7, 11) is 3.85. The van der Waals surface area contributed by atoms with Crippen LogP contribution >= 0.6 is 0 Å². The molecule has 2 rings (SSSR count). The van der Waals surface area contributed by atoms with Gasteiger partial charge < -0.3 is 20.2 Å². The summed E-state index contributed by atoms with van der Waals surface area (Å²) in [6.45, 7) is 4.91. The number of rotatable bonds is 6. The minimum absolute atomic E-state index is 0.225. The fraction of sp³-hybridized carbons (Fsp3) is 0.786. The summed E-state index contributed by atoms with van der Waals surface area (Å²) >= 11 is 0. The Bertz CT molecular complexity index is 453. The summed E-state index contributed by atoms with van der Waals surface area (Å²) in [5.74, 6) is 2.29. The second-order valence-corrected chi connectivity index (χ2v) is 5.72. The highest BCUT2D eigenvalue weighted by Gasteiger charge is 2.22. The van der Waals surface area contributed by atoms with E-state index in [0.717, 1.165) is 38.9 Å². The van der Waals surface area contributed by atoms with E-state index in [0.29, 0.717) is 23.8 Å². The van der Waals surface area contributed by atoms with Gasteiger partial charge in [-0.25, -0.2) is 0 Å². The maximum absolute atomic E-state index is 9.37. The number of nitrogens with one attached hydrogen (secondary N) is 1. The van der Waals surface area contributed by atoms with Gasteiger partial charge in [-0.2, -0.15) is 15.0 Å². The van der Waals surface area contributed by atoms with Gasteiger partial charge in [0.05, 0.1) is 0 Å². The van der Waals surface area contributed by atoms with Crippen LogP contribution in [0.3, 0.4) is 0 Å². The van der Waals surface area contributed by atoms with Gasteiger partial charge in [0.2, 0.25) is 17.8 Å². The molecule has 1 aliphatic heterocycles. The molecule has 118 valence electrons. The first-order chi connectivity index (χ1) is 10.1. The molecule has 1 aromatic heterocycles. The molecule has 2 N–H and O–H groups in total. The largest absolute Gasteiger partial charge is 0.396 e. The molecule has 0 saturated carbocycles. The number of anilines is 3. The van der Waals surface area contributed by atoms with E-state index in [1.807, 2.05) is 19.0 Å². The van der Waals surface area contributed by atoms with Crippen molar-refractivity contribution in [1.82, 2.24) is 15.0 Å². The van der Waals surface area contributed by atoms with Gasteiger partial charge in [-0.05, 0) is 25.2 Å². The molecule has 1 aromatic rings. The number of nitrogens with zero attached hydrogens (tertiary/aromatic N) is 5. The summed E-state index contributed by atoms with van der Waals surface area (Å²) in [6, 6.07) is 0. The second-order valence-electron chi connectivity index (χ2n) is 5.72. The van der Waals surface area contributed by atoms with Crippen LogP contribution in [0.25, 0.3) is 0 Å². The predicted octanol–water partition coefficient (Wildman–Crippen LogP) is 0.968. The molecule has 0 aliphatic carbocycles. The average molecular weight is 294 g/mol. The smallest absolute Gasteiger partial charge is 0.231 e. The number of hydrogen-bond acceptors (Lipinski definition) is 7. The molecule has 1 atom stereocenters. The van der Waals surface area contributed by atoms with Gasteiger partial charge in [0.15, 0.2) is 0 Å². The fourth-order valence-corrected chi connectivity index (χ4v) is 2.41. The van der Waals surface area contributed by atoms with Crippen molar-refractivity contribution in [3.05, 3.63) is 0 Å². The van der Waals surface area contributed by atoms with Gasteiger partial charge in [0.25, 0.3) is 0 Å². The molecular weight excluding hydrogens is 268 g/mol. The van der Waals surface area contributed by atoms with Crippen LogP contribution in [0.2, 0.25) is 0 Å². The van der Waals surface area contributed by atoms with Crippen LogP contribution in [0.4, 0.5) is 17.8 Å². The molecule has 0 spiro atoms. The van der Waals surface area contributed by atoms with Gasteiger partial charge in [-0.1, -0.05) is 6.92 Å². The molecule has 7 heteroatoms. The van der Waals surface area contributed by atoms with Gasteiger partial charge in [-0.15, -0.1) is 0 Å². The van der Waals surface area contributed by atoms with E-state index in [-0.39, 0.29) is 6.61 Å². The van der Waals surface area contributed by atoms with E-state index >= 15 is 0 Å². The molecule has 1 aliphatic rings. The highest BCUT2D eigenvalue weighted by Crippen LogP contribution is 2.22. The Morgan fingerprint density at radius 2 is 2.14 bits per heavy atom. The third kappa shape index (κ3) is 4.17. The first kappa shape index (κ1) is 15.8. The molecule has 0 bridgehead atoms. The van der Waals surface area contributed by atoms with Crippen molar-refractivity contribution in [3.8, 4) is 0 Å². The number of hydrogen-bond donors (Lipinski definition) is 2. The summed E-state index contributed by atoms with van der Waals surface area (Å²) in [5, 5.41) is 12.6. The number of aliphatic hydroxyl groups is 1. The predicted molar refractivity (Wildman–Crippen MR) is 85.0 cm³/mol. The minimum Gasteiger partial charge on any atom is -0.396 e. The first-order valence-electron chi connectivity index (χ1n) is 7.67. The van der Waals surface area contributed by atoms with Gasteiger partial charge in [-0.3, -0.25) is 0 Å². The summed E-state index contributed by atoms with van der Waals surface area (Å²) in [6.07, 6.45) is 3.15. The van der Waals surface area contributed by atoms with Gasteiger partial charge >= 0.3 is 0 Å². The standard InChI is InChI=1S/C14H26N6O/c1-4-7-15-12-16-13(19(2)3)18-14(17-12)20-8-5-6-11(9-20)10-21/h11,21H,4-10H2,1-3H3,(H,15,16,17,18). The zero-order chi connectivity index (χ0) is 15.2. The Labute approximate surface area is 126 Å². The van der Waals surface area contributed by atoms with Crippen molar-refractivity contribution < 1.29 is 5.11 Å². The monoisotopic (exact) mass is 294 g/mol. The van der Waals surface area contributed by atoms with Crippen molar-refractivity contribution >= 4 is 17.8 Å². The number of aliphatic hydroxyl groups excluding tert-OH is 1. The molecule has 1 unspecified atom stereocenters. The fourth-order valence-electron chi connectivity index (χ4n) is 2.41. The molecule has 0 aromatic carbocycles. The number of piperidine rings is 1. The molecule has 1 fully saturated rings. The Hall–Kier alpha value is -1.63. The summed E-state index contributed by atoms with van der Waals surface area (Å²) in [5.41, 5.74) is 0. The summed E-state index contributed by atoms with van der Waals surface area (Å²) < 4.78 is 0. The molecule has 2 heterocycles. The highest BCUT2D eigenvalue weighted by atomic mass is 16.3. The lowest BCUT2D eigenvalue weighted by atomic mass is 9.99. The maximum atomic E-state index is 9.37. The van der Waals surface area contributed by atoms with Crippen LogP contribution in [0.15, 0.2) is 0 Å². The van der Waals surface area contributed by atoms with E-state index < -0.39 is 0 Å². The Morgan fingerprint density at radius 1 is 1.33 bits per heavy atom. The van der Waals surface area contributed by atoms with E-state index in [4.69, 9.17) is 0 Å². The second kappa shape index (κ2) is 7.40. The van der Waals surface area contributed by atoms with Crippen LogP contribution in [0.1, 0.15) is 26.2 Å². The topological polar surface area (TPSA) is 77.4 Å². The van der Waals surface area contributed by atoms with E-state index in [2.05, 4.69) is 32.1 Å². The van der Waals surface area contributed by atoms with Crippen molar-refractivity contribution in [2.45, 2.75) is 26.2 Å². The lowest BCUT2D eigenvalue weighted by Crippen LogP contribution is -2.38. The van der Waals surface area contributed by atoms with Crippen LogP contribution < -0.4 is 15.1 Å². The lowest BCUT2D eigenvalue weighted by molar-refractivity contribution is 0.208. The quantitative estimate of drug-likeness (QED) is 0.809. The SMILES string of the molecule is CCCNc1nc(N(C)C)nc(N2CCCC(CO)C2)n1. The van der Waals surface area contributed by atoms with Crippen LogP contribution in [0.5, 0.6) is 0 Å². The van der Waals surface area contributed by atoms with Gasteiger partial charge in [0, 0.05) is 40.3 Å². The minimum atomic E-state index is 0.225. The van der Waals surface area contributed by atoms with Crippen LogP contribution in [0, 0.1) is 5.92 Å². The Balaban J connectivity index is 2.22. The van der Waals surface area contributed by atoms with Crippen LogP contribution in [-0.4, -0.2) is 60.4 Å². The third-order valence-corrected chi connectivity index (χ3v) is 3.60. The highest BCUT2D eigenvalue weighted by molar-refractivity contribution is 5.44. The third-order valence-electron chi connectivity index (χ3n) is 3.60.